The fraction of sp³-hybridized carbons (Fsp3) is 0.529. The van der Waals surface area contributed by atoms with Gasteiger partial charge >= 0.3 is 0 Å². The molecule has 0 aromatic carbocycles. The molecule has 1 N–H and O–H groups in total. The number of halogens is 1. The highest BCUT2D eigenvalue weighted by Crippen LogP contribution is 2.17. The lowest BCUT2D eigenvalue weighted by atomic mass is 10.3. The normalized spacial score (nSPS) is 15.0. The first-order chi connectivity index (χ1) is 12.2. The quantitative estimate of drug-likeness (QED) is 0.405. The van der Waals surface area contributed by atoms with Gasteiger partial charge in [0, 0.05) is 63.5 Å². The minimum absolute atomic E-state index is 0. The van der Waals surface area contributed by atoms with Crippen LogP contribution in [0.15, 0.2) is 23.5 Å². The average molecular weight is 487 g/mol. The zero-order valence-corrected chi connectivity index (χ0v) is 18.6. The number of thiazole rings is 1. The van der Waals surface area contributed by atoms with Crippen LogP contribution in [0.2, 0.25) is 0 Å². The van der Waals surface area contributed by atoms with Gasteiger partial charge in [-0.3, -0.25) is 4.99 Å². The Hall–Kier alpha value is -1.49. The SMILES string of the molecule is CN=C(NCCc1sc(C)nc1C)N1CCN(c2ncccn2)CC1.I. The van der Waals surface area contributed by atoms with Crippen LogP contribution in [0.3, 0.4) is 0 Å². The topological polar surface area (TPSA) is 69.5 Å². The van der Waals surface area contributed by atoms with Gasteiger partial charge in [0.05, 0.1) is 10.7 Å². The van der Waals surface area contributed by atoms with Crippen molar-refractivity contribution in [3.8, 4) is 0 Å². The summed E-state index contributed by atoms with van der Waals surface area (Å²) in [4.78, 5) is 23.5. The first-order valence-corrected chi connectivity index (χ1v) is 9.39. The van der Waals surface area contributed by atoms with Gasteiger partial charge in [0.25, 0.3) is 0 Å². The molecule has 0 radical (unpaired) electrons. The number of hydrogen-bond donors (Lipinski definition) is 1. The van der Waals surface area contributed by atoms with E-state index in [4.69, 9.17) is 0 Å². The summed E-state index contributed by atoms with van der Waals surface area (Å²) in [6.45, 7) is 8.64. The summed E-state index contributed by atoms with van der Waals surface area (Å²) < 4.78 is 0. The van der Waals surface area contributed by atoms with E-state index in [0.29, 0.717) is 0 Å². The van der Waals surface area contributed by atoms with Crippen molar-refractivity contribution in [2.24, 2.45) is 4.99 Å². The Kier molecular flexibility index (Phi) is 8.01. The molecule has 2 aromatic heterocycles. The molecule has 7 nitrogen and oxygen atoms in total. The van der Waals surface area contributed by atoms with Gasteiger partial charge in [0.15, 0.2) is 5.96 Å². The maximum atomic E-state index is 4.49. The third kappa shape index (κ3) is 5.26. The molecule has 0 saturated carbocycles. The second kappa shape index (κ2) is 10.0. The molecule has 0 spiro atoms. The van der Waals surface area contributed by atoms with Gasteiger partial charge in [0.2, 0.25) is 5.95 Å². The third-order valence-corrected chi connectivity index (χ3v) is 5.39. The predicted molar refractivity (Wildman–Crippen MR) is 118 cm³/mol. The van der Waals surface area contributed by atoms with Gasteiger partial charge < -0.3 is 15.1 Å². The Labute approximate surface area is 176 Å². The summed E-state index contributed by atoms with van der Waals surface area (Å²) in [7, 11) is 1.84. The molecule has 0 bridgehead atoms. The molecule has 26 heavy (non-hydrogen) atoms. The number of aromatic nitrogens is 3. The van der Waals surface area contributed by atoms with Crippen molar-refractivity contribution in [1.29, 1.82) is 0 Å². The van der Waals surface area contributed by atoms with Gasteiger partial charge in [-0.15, -0.1) is 35.3 Å². The van der Waals surface area contributed by atoms with Crippen LogP contribution in [0, 0.1) is 13.8 Å². The summed E-state index contributed by atoms with van der Waals surface area (Å²) >= 11 is 1.78. The zero-order valence-electron chi connectivity index (χ0n) is 15.5. The van der Waals surface area contributed by atoms with Gasteiger partial charge in [-0.1, -0.05) is 0 Å². The molecular formula is C17H26IN7S. The molecule has 9 heteroatoms. The minimum Gasteiger partial charge on any atom is -0.356 e. The fourth-order valence-corrected chi connectivity index (χ4v) is 3.93. The van der Waals surface area contributed by atoms with E-state index in [1.54, 1.807) is 23.7 Å². The molecule has 0 amide bonds. The van der Waals surface area contributed by atoms with E-state index in [2.05, 4.69) is 48.9 Å². The van der Waals surface area contributed by atoms with Crippen LogP contribution in [0.5, 0.6) is 0 Å². The highest BCUT2D eigenvalue weighted by Gasteiger charge is 2.21. The van der Waals surface area contributed by atoms with Crippen LogP contribution in [0.25, 0.3) is 0 Å². The minimum atomic E-state index is 0. The largest absolute Gasteiger partial charge is 0.356 e. The van der Waals surface area contributed by atoms with Crippen molar-refractivity contribution in [2.45, 2.75) is 20.3 Å². The number of nitrogens with one attached hydrogen (secondary N) is 1. The third-order valence-electron chi connectivity index (χ3n) is 4.26. The average Bonchev–Trinajstić information content (AvgIpc) is 2.97. The lowest BCUT2D eigenvalue weighted by Gasteiger charge is -2.36. The molecule has 1 fully saturated rings. The second-order valence-corrected chi connectivity index (χ2v) is 7.28. The molecule has 0 atom stereocenters. The van der Waals surface area contributed by atoms with Gasteiger partial charge in [-0.2, -0.15) is 0 Å². The molecular weight excluding hydrogens is 461 g/mol. The van der Waals surface area contributed by atoms with E-state index in [9.17, 15) is 0 Å². The van der Waals surface area contributed by atoms with Crippen LogP contribution in [0.1, 0.15) is 15.6 Å². The number of hydrogen-bond acceptors (Lipinski definition) is 6. The monoisotopic (exact) mass is 487 g/mol. The van der Waals surface area contributed by atoms with Crippen LogP contribution < -0.4 is 10.2 Å². The van der Waals surface area contributed by atoms with Crippen molar-refractivity contribution in [3.05, 3.63) is 34.0 Å². The molecule has 0 aliphatic carbocycles. The van der Waals surface area contributed by atoms with E-state index in [0.717, 1.165) is 61.8 Å². The van der Waals surface area contributed by atoms with Crippen molar-refractivity contribution in [3.63, 3.8) is 0 Å². The number of rotatable bonds is 4. The number of anilines is 1. The molecule has 3 heterocycles. The highest BCUT2D eigenvalue weighted by atomic mass is 127. The number of aliphatic imine (C=N–C) groups is 1. The van der Waals surface area contributed by atoms with Gasteiger partial charge in [-0.05, 0) is 19.9 Å². The maximum absolute atomic E-state index is 4.49. The highest BCUT2D eigenvalue weighted by molar-refractivity contribution is 14.0. The first kappa shape index (κ1) is 20.8. The number of aryl methyl sites for hydroxylation is 2. The molecule has 1 saturated heterocycles. The van der Waals surface area contributed by atoms with Gasteiger partial charge in [-0.25, -0.2) is 15.0 Å². The van der Waals surface area contributed by atoms with Crippen LogP contribution in [-0.4, -0.2) is 65.6 Å². The van der Waals surface area contributed by atoms with Crippen molar-refractivity contribution in [1.82, 2.24) is 25.2 Å². The van der Waals surface area contributed by atoms with Crippen molar-refractivity contribution < 1.29 is 0 Å². The molecule has 142 valence electrons. The summed E-state index contributed by atoms with van der Waals surface area (Å²) in [5.74, 6) is 1.77. The molecule has 0 unspecified atom stereocenters. The van der Waals surface area contributed by atoms with Crippen molar-refractivity contribution >= 4 is 47.2 Å². The van der Waals surface area contributed by atoms with Crippen LogP contribution in [0.4, 0.5) is 5.95 Å². The second-order valence-electron chi connectivity index (χ2n) is 5.99. The Bertz CT molecular complexity index is 711. The Morgan fingerprint density at radius 1 is 1.19 bits per heavy atom. The summed E-state index contributed by atoms with van der Waals surface area (Å²) in [6, 6.07) is 1.85. The van der Waals surface area contributed by atoms with E-state index >= 15 is 0 Å². The number of piperazine rings is 1. The van der Waals surface area contributed by atoms with E-state index < -0.39 is 0 Å². The number of nitrogens with zero attached hydrogens (tertiary/aromatic N) is 6. The zero-order chi connectivity index (χ0) is 17.6. The summed E-state index contributed by atoms with van der Waals surface area (Å²) in [5.41, 5.74) is 1.15. The summed E-state index contributed by atoms with van der Waals surface area (Å²) in [6.07, 6.45) is 4.56. The predicted octanol–water partition coefficient (Wildman–Crippen LogP) is 2.11. The van der Waals surface area contributed by atoms with Gasteiger partial charge in [0.1, 0.15) is 0 Å². The Morgan fingerprint density at radius 2 is 1.88 bits per heavy atom. The Morgan fingerprint density at radius 3 is 2.46 bits per heavy atom. The van der Waals surface area contributed by atoms with E-state index in [1.165, 1.54) is 4.88 Å². The molecule has 1 aliphatic rings. The smallest absolute Gasteiger partial charge is 0.225 e. The van der Waals surface area contributed by atoms with Crippen LogP contribution in [-0.2, 0) is 6.42 Å². The summed E-state index contributed by atoms with van der Waals surface area (Å²) in [5, 5.41) is 4.62. The van der Waals surface area contributed by atoms with Crippen LogP contribution >= 0.6 is 35.3 Å². The molecule has 1 aliphatic heterocycles. The standard InChI is InChI=1S/C17H25N7S.HI/c1-13-15(25-14(2)22-13)5-8-21-16(18-3)23-9-11-24(12-10-23)17-19-6-4-7-20-17;/h4,6-7H,5,8-12H2,1-3H3,(H,18,21);1H. The van der Waals surface area contributed by atoms with E-state index in [-0.39, 0.29) is 24.0 Å². The fourth-order valence-electron chi connectivity index (χ4n) is 3.00. The lowest BCUT2D eigenvalue weighted by molar-refractivity contribution is 0.370. The number of guanidine groups is 1. The lowest BCUT2D eigenvalue weighted by Crippen LogP contribution is -2.53. The van der Waals surface area contributed by atoms with Crippen molar-refractivity contribution in [2.75, 3.05) is 44.7 Å². The first-order valence-electron chi connectivity index (χ1n) is 8.58. The maximum Gasteiger partial charge on any atom is 0.225 e. The Balaban J connectivity index is 0.00000243. The van der Waals surface area contributed by atoms with E-state index in [1.807, 2.05) is 13.1 Å². The molecule has 3 rings (SSSR count). The molecule has 2 aromatic rings.